The second kappa shape index (κ2) is 5.22. The molecule has 0 saturated carbocycles. The van der Waals surface area contributed by atoms with E-state index in [0.29, 0.717) is 5.69 Å². The van der Waals surface area contributed by atoms with Gasteiger partial charge in [-0.25, -0.2) is 0 Å². The number of pyridine rings is 1. The molecule has 1 fully saturated rings. The minimum Gasteiger partial charge on any atom is -0.396 e. The van der Waals surface area contributed by atoms with Crippen LogP contribution in [-0.2, 0) is 4.79 Å². The van der Waals surface area contributed by atoms with Crippen molar-refractivity contribution in [2.24, 2.45) is 5.73 Å². The molecule has 0 spiro atoms. The number of hydrogen-bond acceptors (Lipinski definition) is 5. The van der Waals surface area contributed by atoms with E-state index in [1.807, 2.05) is 13.0 Å². The predicted molar refractivity (Wildman–Crippen MR) is 71.1 cm³/mol. The van der Waals surface area contributed by atoms with Crippen LogP contribution in [0.4, 0.5) is 11.4 Å². The molecule has 1 atom stereocenters. The molecule has 1 aliphatic rings. The molecule has 18 heavy (non-hydrogen) atoms. The number of nitrogen functional groups attached to an aromatic ring is 1. The normalized spacial score (nSPS) is 18.6. The van der Waals surface area contributed by atoms with Crippen LogP contribution in [0.3, 0.4) is 0 Å². The molecule has 1 aromatic rings. The van der Waals surface area contributed by atoms with Crippen LogP contribution in [-0.4, -0.2) is 48.0 Å². The van der Waals surface area contributed by atoms with Crippen molar-refractivity contribution in [2.45, 2.75) is 13.0 Å². The van der Waals surface area contributed by atoms with E-state index in [9.17, 15) is 4.79 Å². The Morgan fingerprint density at radius 3 is 2.61 bits per heavy atom. The third kappa shape index (κ3) is 2.53. The maximum atomic E-state index is 11.1. The summed E-state index contributed by atoms with van der Waals surface area (Å²) >= 11 is 0. The van der Waals surface area contributed by atoms with Gasteiger partial charge < -0.3 is 16.4 Å². The number of rotatable bonds is 3. The number of piperazine rings is 1. The Morgan fingerprint density at radius 2 is 2.06 bits per heavy atom. The number of hydrogen-bond donors (Lipinski definition) is 2. The quantitative estimate of drug-likeness (QED) is 0.765. The Kier molecular flexibility index (Phi) is 3.66. The lowest BCUT2D eigenvalue weighted by atomic mass is 10.2. The third-order valence-electron chi connectivity index (χ3n) is 3.44. The van der Waals surface area contributed by atoms with Gasteiger partial charge in [0.05, 0.1) is 23.6 Å². The standard InChI is InChI=1S/C12H19N5O/c1-9(12(14)18)16-4-6-17(7-5-16)11-2-3-15-8-10(11)13/h2-3,8-9H,4-7,13H2,1H3,(H2,14,18). The maximum Gasteiger partial charge on any atom is 0.234 e. The monoisotopic (exact) mass is 249 g/mol. The molecule has 4 N–H and O–H groups in total. The van der Waals surface area contributed by atoms with Gasteiger partial charge in [-0.05, 0) is 13.0 Å². The molecule has 6 nitrogen and oxygen atoms in total. The minimum absolute atomic E-state index is 0.207. The third-order valence-corrected chi connectivity index (χ3v) is 3.44. The predicted octanol–water partition coefficient (Wildman–Crippen LogP) is -0.340. The Hall–Kier alpha value is -1.82. The first-order chi connectivity index (χ1) is 8.59. The second-order valence-electron chi connectivity index (χ2n) is 4.54. The van der Waals surface area contributed by atoms with Crippen LogP contribution in [0.2, 0.25) is 0 Å². The molecule has 2 rings (SSSR count). The van der Waals surface area contributed by atoms with E-state index in [1.165, 1.54) is 0 Å². The number of amides is 1. The van der Waals surface area contributed by atoms with Gasteiger partial charge in [-0.1, -0.05) is 0 Å². The fourth-order valence-electron chi connectivity index (χ4n) is 2.22. The highest BCUT2D eigenvalue weighted by Gasteiger charge is 2.24. The number of carbonyl (C=O) groups excluding carboxylic acids is 1. The summed E-state index contributed by atoms with van der Waals surface area (Å²) in [5.41, 5.74) is 12.9. The fourth-order valence-corrected chi connectivity index (χ4v) is 2.22. The Bertz CT molecular complexity index is 428. The van der Waals surface area contributed by atoms with E-state index in [-0.39, 0.29) is 11.9 Å². The summed E-state index contributed by atoms with van der Waals surface area (Å²) in [7, 11) is 0. The summed E-state index contributed by atoms with van der Waals surface area (Å²) in [5.74, 6) is -0.271. The number of aromatic nitrogens is 1. The number of nitrogens with two attached hydrogens (primary N) is 2. The van der Waals surface area contributed by atoms with Crippen LogP contribution in [0.25, 0.3) is 0 Å². The van der Waals surface area contributed by atoms with Crippen LogP contribution >= 0.6 is 0 Å². The lowest BCUT2D eigenvalue weighted by Gasteiger charge is -2.38. The van der Waals surface area contributed by atoms with Gasteiger partial charge in [0.25, 0.3) is 0 Å². The largest absolute Gasteiger partial charge is 0.396 e. The summed E-state index contributed by atoms with van der Waals surface area (Å²) in [6.07, 6.45) is 3.40. The summed E-state index contributed by atoms with van der Waals surface area (Å²) < 4.78 is 0. The van der Waals surface area contributed by atoms with Gasteiger partial charge in [0.15, 0.2) is 0 Å². The topological polar surface area (TPSA) is 88.5 Å². The molecular weight excluding hydrogens is 230 g/mol. The minimum atomic E-state index is -0.271. The molecule has 1 aliphatic heterocycles. The molecule has 0 aromatic carbocycles. The molecule has 6 heteroatoms. The first-order valence-corrected chi connectivity index (χ1v) is 6.07. The lowest BCUT2D eigenvalue weighted by molar-refractivity contribution is -0.122. The summed E-state index contributed by atoms with van der Waals surface area (Å²) in [6.45, 7) is 5.15. The van der Waals surface area contributed by atoms with E-state index in [1.54, 1.807) is 12.4 Å². The highest BCUT2D eigenvalue weighted by atomic mass is 16.1. The van der Waals surface area contributed by atoms with Gasteiger partial charge in [0, 0.05) is 32.4 Å². The van der Waals surface area contributed by atoms with Crippen molar-refractivity contribution in [2.75, 3.05) is 36.8 Å². The van der Waals surface area contributed by atoms with E-state index in [2.05, 4.69) is 14.8 Å². The SMILES string of the molecule is CC(C(N)=O)N1CCN(c2ccncc2N)CC1. The molecule has 0 bridgehead atoms. The van der Waals surface area contributed by atoms with Crippen LogP contribution in [0, 0.1) is 0 Å². The van der Waals surface area contributed by atoms with Crippen LogP contribution in [0.15, 0.2) is 18.5 Å². The van der Waals surface area contributed by atoms with Crippen LogP contribution in [0.1, 0.15) is 6.92 Å². The Morgan fingerprint density at radius 1 is 1.39 bits per heavy atom. The number of primary amides is 1. The zero-order chi connectivity index (χ0) is 13.1. The summed E-state index contributed by atoms with van der Waals surface area (Å²) in [4.78, 5) is 19.4. The van der Waals surface area contributed by atoms with E-state index in [4.69, 9.17) is 11.5 Å². The van der Waals surface area contributed by atoms with Crippen molar-refractivity contribution in [3.63, 3.8) is 0 Å². The van der Waals surface area contributed by atoms with Gasteiger partial charge >= 0.3 is 0 Å². The first-order valence-electron chi connectivity index (χ1n) is 6.07. The van der Waals surface area contributed by atoms with Gasteiger partial charge in [-0.3, -0.25) is 14.7 Å². The average Bonchev–Trinajstić information content (AvgIpc) is 2.38. The van der Waals surface area contributed by atoms with Crippen molar-refractivity contribution in [1.29, 1.82) is 0 Å². The van der Waals surface area contributed by atoms with Crippen molar-refractivity contribution in [3.05, 3.63) is 18.5 Å². The van der Waals surface area contributed by atoms with Crippen LogP contribution < -0.4 is 16.4 Å². The van der Waals surface area contributed by atoms with Gasteiger partial charge in [0.1, 0.15) is 0 Å². The van der Waals surface area contributed by atoms with Crippen molar-refractivity contribution in [3.8, 4) is 0 Å². The Balaban J connectivity index is 1.99. The van der Waals surface area contributed by atoms with E-state index in [0.717, 1.165) is 31.9 Å². The second-order valence-corrected chi connectivity index (χ2v) is 4.54. The zero-order valence-corrected chi connectivity index (χ0v) is 10.5. The van der Waals surface area contributed by atoms with Crippen LogP contribution in [0.5, 0.6) is 0 Å². The molecule has 1 saturated heterocycles. The van der Waals surface area contributed by atoms with Crippen molar-refractivity contribution < 1.29 is 4.79 Å². The highest BCUT2D eigenvalue weighted by Crippen LogP contribution is 2.22. The molecule has 1 unspecified atom stereocenters. The summed E-state index contributed by atoms with van der Waals surface area (Å²) in [6, 6.07) is 1.71. The molecular formula is C12H19N5O. The van der Waals surface area contributed by atoms with Gasteiger partial charge in [-0.15, -0.1) is 0 Å². The molecule has 1 amide bonds. The smallest absolute Gasteiger partial charge is 0.234 e. The molecule has 1 aromatic heterocycles. The van der Waals surface area contributed by atoms with E-state index >= 15 is 0 Å². The van der Waals surface area contributed by atoms with Crippen molar-refractivity contribution >= 4 is 17.3 Å². The first kappa shape index (κ1) is 12.6. The number of nitrogens with zero attached hydrogens (tertiary/aromatic N) is 3. The summed E-state index contributed by atoms with van der Waals surface area (Å²) in [5, 5.41) is 0. The van der Waals surface area contributed by atoms with Gasteiger partial charge in [-0.2, -0.15) is 0 Å². The number of carbonyl (C=O) groups is 1. The van der Waals surface area contributed by atoms with Gasteiger partial charge in [0.2, 0.25) is 5.91 Å². The molecule has 0 aliphatic carbocycles. The molecule has 0 radical (unpaired) electrons. The average molecular weight is 249 g/mol. The highest BCUT2D eigenvalue weighted by molar-refractivity contribution is 5.79. The zero-order valence-electron chi connectivity index (χ0n) is 10.5. The maximum absolute atomic E-state index is 11.1. The van der Waals surface area contributed by atoms with Crippen molar-refractivity contribution in [1.82, 2.24) is 9.88 Å². The molecule has 2 heterocycles. The lowest BCUT2D eigenvalue weighted by Crippen LogP contribution is -2.53. The fraction of sp³-hybridized carbons (Fsp3) is 0.500. The Labute approximate surface area is 107 Å². The van der Waals surface area contributed by atoms with E-state index < -0.39 is 0 Å². The molecule has 98 valence electrons. The number of anilines is 2.